The van der Waals surface area contributed by atoms with Gasteiger partial charge in [-0.15, -0.1) is 0 Å². The van der Waals surface area contributed by atoms with Crippen molar-refractivity contribution in [1.82, 2.24) is 5.32 Å². The Balaban J connectivity index is 2.22. The molecule has 1 aromatic carbocycles. The normalized spacial score (nSPS) is 30.2. The molecular weight excluding hydrogens is 158 g/mol. The van der Waals surface area contributed by atoms with Crippen molar-refractivity contribution in [3.63, 3.8) is 0 Å². The molecule has 1 heterocycles. The number of hydrogen-bond acceptors (Lipinski definition) is 1. The van der Waals surface area contributed by atoms with Crippen LogP contribution < -0.4 is 5.32 Å². The van der Waals surface area contributed by atoms with E-state index in [0.717, 1.165) is 5.92 Å². The minimum Gasteiger partial charge on any atom is -0.310 e. The van der Waals surface area contributed by atoms with E-state index in [0.29, 0.717) is 6.04 Å². The molecule has 0 aromatic heterocycles. The van der Waals surface area contributed by atoms with Crippen LogP contribution in [-0.4, -0.2) is 6.54 Å². The van der Waals surface area contributed by atoms with Crippen LogP contribution in [-0.2, 0) is 6.42 Å². The quantitative estimate of drug-likeness (QED) is 0.635. The van der Waals surface area contributed by atoms with E-state index in [4.69, 9.17) is 0 Å². The molecule has 0 spiro atoms. The zero-order chi connectivity index (χ0) is 8.84. The molecule has 68 valence electrons. The lowest BCUT2D eigenvalue weighted by molar-refractivity contribution is 0.480. The predicted octanol–water partition coefficient (Wildman–Crippen LogP) is 2.38. The third-order valence-corrected chi connectivity index (χ3v) is 3.54. The van der Waals surface area contributed by atoms with Crippen LogP contribution >= 0.6 is 0 Å². The summed E-state index contributed by atoms with van der Waals surface area (Å²) in [7, 11) is 0. The van der Waals surface area contributed by atoms with Crippen molar-refractivity contribution in [3.05, 3.63) is 34.9 Å². The van der Waals surface area contributed by atoms with Gasteiger partial charge >= 0.3 is 0 Å². The van der Waals surface area contributed by atoms with Crippen LogP contribution in [0.2, 0.25) is 0 Å². The van der Waals surface area contributed by atoms with E-state index < -0.39 is 0 Å². The molecule has 2 aliphatic rings. The molecule has 0 saturated carbocycles. The lowest BCUT2D eigenvalue weighted by Crippen LogP contribution is -2.30. The molecule has 13 heavy (non-hydrogen) atoms. The van der Waals surface area contributed by atoms with E-state index in [1.165, 1.54) is 19.4 Å². The second-order valence-corrected chi connectivity index (χ2v) is 4.29. The van der Waals surface area contributed by atoms with Gasteiger partial charge in [0.2, 0.25) is 0 Å². The first kappa shape index (κ1) is 7.57. The monoisotopic (exact) mass is 173 g/mol. The summed E-state index contributed by atoms with van der Waals surface area (Å²) in [5, 5.41) is 3.57. The molecule has 1 aliphatic carbocycles. The predicted molar refractivity (Wildman–Crippen MR) is 53.9 cm³/mol. The highest BCUT2D eigenvalue weighted by Gasteiger charge is 2.30. The van der Waals surface area contributed by atoms with Crippen LogP contribution in [0.5, 0.6) is 0 Å². The number of aryl methyl sites for hydroxylation is 1. The van der Waals surface area contributed by atoms with Crippen LogP contribution in [0.15, 0.2) is 18.2 Å². The Hall–Kier alpha value is -0.820. The van der Waals surface area contributed by atoms with Crippen LogP contribution in [0.3, 0.4) is 0 Å². The Morgan fingerprint density at radius 3 is 3.23 bits per heavy atom. The summed E-state index contributed by atoms with van der Waals surface area (Å²) in [6.07, 6.45) is 2.65. The van der Waals surface area contributed by atoms with Gasteiger partial charge in [-0.2, -0.15) is 0 Å². The molecular formula is C12H15N. The second kappa shape index (κ2) is 2.58. The maximum Gasteiger partial charge on any atom is 0.0294 e. The van der Waals surface area contributed by atoms with Gasteiger partial charge in [-0.05, 0) is 42.4 Å². The molecule has 1 aliphatic heterocycles. The van der Waals surface area contributed by atoms with Crippen LogP contribution in [0.1, 0.15) is 42.0 Å². The topological polar surface area (TPSA) is 12.0 Å². The first-order valence-electron chi connectivity index (χ1n) is 5.21. The highest BCUT2D eigenvalue weighted by Crippen LogP contribution is 2.40. The molecule has 0 saturated heterocycles. The standard InChI is InChI=1S/C12H15N/c1-8-11-4-2-3-9-5-6-10(7-13-8)12(9)11/h2-4,8,10,13H,5-7H2,1H3. The maximum absolute atomic E-state index is 3.57. The molecule has 0 bridgehead atoms. The summed E-state index contributed by atoms with van der Waals surface area (Å²) in [5.74, 6) is 0.808. The lowest BCUT2D eigenvalue weighted by atomic mass is 9.88. The SMILES string of the molecule is CC1NCC2CCc3cccc1c32. The second-order valence-electron chi connectivity index (χ2n) is 4.29. The Morgan fingerprint density at radius 1 is 1.38 bits per heavy atom. The number of hydrogen-bond donors (Lipinski definition) is 1. The summed E-state index contributed by atoms with van der Waals surface area (Å²) < 4.78 is 0. The molecule has 1 N–H and O–H groups in total. The third-order valence-electron chi connectivity index (χ3n) is 3.54. The smallest absolute Gasteiger partial charge is 0.0294 e. The first-order valence-corrected chi connectivity index (χ1v) is 5.21. The minimum atomic E-state index is 0.560. The van der Waals surface area contributed by atoms with E-state index in [1.54, 1.807) is 16.7 Å². The third kappa shape index (κ3) is 0.969. The Bertz CT molecular complexity index is 343. The Morgan fingerprint density at radius 2 is 2.31 bits per heavy atom. The fourth-order valence-corrected chi connectivity index (χ4v) is 2.83. The highest BCUT2D eigenvalue weighted by molar-refractivity contribution is 5.44. The van der Waals surface area contributed by atoms with Crippen molar-refractivity contribution in [2.45, 2.75) is 31.7 Å². The summed E-state index contributed by atoms with van der Waals surface area (Å²) in [6.45, 7) is 3.45. The summed E-state index contributed by atoms with van der Waals surface area (Å²) in [4.78, 5) is 0. The molecule has 3 rings (SSSR count). The van der Waals surface area contributed by atoms with Gasteiger partial charge in [0.25, 0.3) is 0 Å². The first-order chi connectivity index (χ1) is 6.36. The van der Waals surface area contributed by atoms with Crippen molar-refractivity contribution < 1.29 is 0 Å². The van der Waals surface area contributed by atoms with Crippen molar-refractivity contribution >= 4 is 0 Å². The fourth-order valence-electron chi connectivity index (χ4n) is 2.83. The summed E-state index contributed by atoms with van der Waals surface area (Å²) in [5.41, 5.74) is 4.83. The number of rotatable bonds is 0. The van der Waals surface area contributed by atoms with Gasteiger partial charge in [-0.1, -0.05) is 18.2 Å². The average molecular weight is 173 g/mol. The van der Waals surface area contributed by atoms with Gasteiger partial charge in [0.15, 0.2) is 0 Å². The van der Waals surface area contributed by atoms with E-state index in [9.17, 15) is 0 Å². The summed E-state index contributed by atoms with van der Waals surface area (Å²) >= 11 is 0. The van der Waals surface area contributed by atoms with Gasteiger partial charge in [0, 0.05) is 12.6 Å². The van der Waals surface area contributed by atoms with E-state index in [1.807, 2.05) is 0 Å². The average Bonchev–Trinajstić information content (AvgIpc) is 2.57. The molecule has 1 heteroatoms. The van der Waals surface area contributed by atoms with Gasteiger partial charge < -0.3 is 5.32 Å². The molecule has 0 fully saturated rings. The minimum absolute atomic E-state index is 0.560. The Labute approximate surface area is 79.2 Å². The van der Waals surface area contributed by atoms with Gasteiger partial charge in [-0.25, -0.2) is 0 Å². The zero-order valence-corrected chi connectivity index (χ0v) is 8.01. The molecule has 1 nitrogen and oxygen atoms in total. The summed E-state index contributed by atoms with van der Waals surface area (Å²) in [6, 6.07) is 7.36. The van der Waals surface area contributed by atoms with Gasteiger partial charge in [-0.3, -0.25) is 0 Å². The van der Waals surface area contributed by atoms with Crippen LogP contribution in [0.4, 0.5) is 0 Å². The lowest BCUT2D eigenvalue weighted by Gasteiger charge is -2.28. The maximum atomic E-state index is 3.57. The Kier molecular flexibility index (Phi) is 1.50. The van der Waals surface area contributed by atoms with Crippen LogP contribution in [0.25, 0.3) is 0 Å². The van der Waals surface area contributed by atoms with Gasteiger partial charge in [0.1, 0.15) is 0 Å². The molecule has 1 aromatic rings. The molecule has 0 radical (unpaired) electrons. The van der Waals surface area contributed by atoms with Crippen molar-refractivity contribution in [1.29, 1.82) is 0 Å². The zero-order valence-electron chi connectivity index (χ0n) is 8.01. The van der Waals surface area contributed by atoms with E-state index in [-0.39, 0.29) is 0 Å². The molecule has 2 atom stereocenters. The van der Waals surface area contributed by atoms with Crippen LogP contribution in [0, 0.1) is 0 Å². The van der Waals surface area contributed by atoms with Gasteiger partial charge in [0.05, 0.1) is 0 Å². The number of nitrogens with one attached hydrogen (secondary N) is 1. The molecule has 0 amide bonds. The van der Waals surface area contributed by atoms with Crippen molar-refractivity contribution in [2.24, 2.45) is 0 Å². The molecule has 2 unspecified atom stereocenters. The van der Waals surface area contributed by atoms with Crippen molar-refractivity contribution in [2.75, 3.05) is 6.54 Å². The number of benzene rings is 1. The van der Waals surface area contributed by atoms with E-state index >= 15 is 0 Å². The van der Waals surface area contributed by atoms with E-state index in [2.05, 4.69) is 30.4 Å². The van der Waals surface area contributed by atoms with Crippen molar-refractivity contribution in [3.8, 4) is 0 Å². The largest absolute Gasteiger partial charge is 0.310 e. The highest BCUT2D eigenvalue weighted by atomic mass is 14.9. The fraction of sp³-hybridized carbons (Fsp3) is 0.500.